The Morgan fingerprint density at radius 2 is 1.66 bits per heavy atom. The first-order valence-electron chi connectivity index (χ1n) is 12.9. The van der Waals surface area contributed by atoms with Crippen molar-refractivity contribution < 1.29 is 23.0 Å². The lowest BCUT2D eigenvalue weighted by Gasteiger charge is -2.36. The molecule has 1 fully saturated rings. The van der Waals surface area contributed by atoms with Crippen LogP contribution >= 0.6 is 0 Å². The van der Waals surface area contributed by atoms with Crippen molar-refractivity contribution in [3.8, 4) is 11.4 Å². The molecular formula is C27H36F3N5O2Si. The summed E-state index contributed by atoms with van der Waals surface area (Å²) in [5.74, 6) is 0.978. The minimum absolute atomic E-state index is 0.00752. The highest BCUT2D eigenvalue weighted by molar-refractivity contribution is 6.76. The summed E-state index contributed by atoms with van der Waals surface area (Å²) in [4.78, 5) is 12.9. The summed E-state index contributed by atoms with van der Waals surface area (Å²) in [6.45, 7) is 10.6. The van der Waals surface area contributed by atoms with Crippen LogP contribution in [0, 0.1) is 0 Å². The molecule has 1 aliphatic rings. The van der Waals surface area contributed by atoms with Crippen LogP contribution in [-0.2, 0) is 24.1 Å². The molecule has 4 rings (SSSR count). The summed E-state index contributed by atoms with van der Waals surface area (Å²) in [6, 6.07) is 12.8. The van der Waals surface area contributed by atoms with Crippen LogP contribution in [0.1, 0.15) is 11.3 Å². The monoisotopic (exact) mass is 547 g/mol. The highest BCUT2D eigenvalue weighted by Crippen LogP contribution is 2.31. The van der Waals surface area contributed by atoms with Crippen LogP contribution in [0.4, 0.5) is 24.7 Å². The van der Waals surface area contributed by atoms with Crippen LogP contribution in [-0.4, -0.2) is 67.1 Å². The number of hydrogen-bond acceptors (Lipinski definition) is 6. The number of anilines is 2. The molecule has 2 aromatic heterocycles. The van der Waals surface area contributed by atoms with Crippen molar-refractivity contribution >= 4 is 19.6 Å². The Morgan fingerprint density at radius 3 is 2.24 bits per heavy atom. The Balaban J connectivity index is 1.41. The standard InChI is InChI=1S/C27H36F3N5O2Si/c1-38(2,3)17-16-37-20-35-19-24(27(28,29)30)32-26(35)22-6-9-25(31-18-22)34-13-11-33(12-14-34)23-7-4-21(5-8-23)10-15-36/h4-9,18-19,36H,10-17,20H2,1-3H3. The lowest BCUT2D eigenvalue weighted by molar-refractivity contribution is -0.141. The van der Waals surface area contributed by atoms with E-state index in [0.29, 0.717) is 18.6 Å². The van der Waals surface area contributed by atoms with Gasteiger partial charge in [0.15, 0.2) is 5.69 Å². The molecule has 1 N–H and O–H groups in total. The van der Waals surface area contributed by atoms with E-state index in [-0.39, 0.29) is 19.2 Å². The molecule has 0 unspecified atom stereocenters. The number of pyridine rings is 1. The van der Waals surface area contributed by atoms with E-state index in [1.807, 2.05) is 18.2 Å². The molecular weight excluding hydrogens is 511 g/mol. The maximum atomic E-state index is 13.4. The topological polar surface area (TPSA) is 66.7 Å². The van der Waals surface area contributed by atoms with Crippen molar-refractivity contribution in [2.24, 2.45) is 0 Å². The number of nitrogens with zero attached hydrogens (tertiary/aromatic N) is 5. The highest BCUT2D eigenvalue weighted by atomic mass is 28.3. The quantitative estimate of drug-likeness (QED) is 0.280. The SMILES string of the molecule is C[Si](C)(C)CCOCn1cc(C(F)(F)F)nc1-c1ccc(N2CCN(c3ccc(CCO)cc3)CC2)nc1. The molecule has 0 aliphatic carbocycles. The summed E-state index contributed by atoms with van der Waals surface area (Å²) in [5.41, 5.74) is 1.83. The normalized spacial score (nSPS) is 14.8. The molecule has 7 nitrogen and oxygen atoms in total. The van der Waals surface area contributed by atoms with Gasteiger partial charge in [0.2, 0.25) is 0 Å². The lowest BCUT2D eigenvalue weighted by Crippen LogP contribution is -2.46. The fourth-order valence-corrected chi connectivity index (χ4v) is 5.08. The molecule has 1 saturated heterocycles. The van der Waals surface area contributed by atoms with Crippen LogP contribution in [0.3, 0.4) is 0 Å². The maximum Gasteiger partial charge on any atom is 0.434 e. The van der Waals surface area contributed by atoms with E-state index in [2.05, 4.69) is 51.5 Å². The third kappa shape index (κ3) is 7.36. The van der Waals surface area contributed by atoms with E-state index in [0.717, 1.165) is 55.5 Å². The fraction of sp³-hybridized carbons (Fsp3) is 0.481. The van der Waals surface area contributed by atoms with Gasteiger partial charge in [-0.1, -0.05) is 31.8 Å². The van der Waals surface area contributed by atoms with Gasteiger partial charge in [-0.3, -0.25) is 0 Å². The number of alkyl halides is 3. The maximum absolute atomic E-state index is 13.4. The molecule has 0 saturated carbocycles. The van der Waals surface area contributed by atoms with Gasteiger partial charge in [-0.05, 0) is 42.3 Å². The van der Waals surface area contributed by atoms with Gasteiger partial charge in [-0.25, -0.2) is 9.97 Å². The average Bonchev–Trinajstić information content (AvgIpc) is 3.32. The third-order valence-electron chi connectivity index (χ3n) is 6.61. The van der Waals surface area contributed by atoms with Gasteiger partial charge in [0.05, 0.1) is 0 Å². The second kappa shape index (κ2) is 11.9. The molecule has 0 spiro atoms. The lowest BCUT2D eigenvalue weighted by atomic mass is 10.1. The number of ether oxygens (including phenoxy) is 1. The number of halogens is 3. The Bertz CT molecular complexity index is 1170. The van der Waals surface area contributed by atoms with Crippen LogP contribution in [0.5, 0.6) is 0 Å². The minimum atomic E-state index is -4.54. The number of aliphatic hydroxyl groups excluding tert-OH is 1. The van der Waals surface area contributed by atoms with Crippen molar-refractivity contribution in [3.05, 3.63) is 60.0 Å². The van der Waals surface area contributed by atoms with E-state index in [4.69, 9.17) is 9.84 Å². The molecule has 0 bridgehead atoms. The van der Waals surface area contributed by atoms with Crippen molar-refractivity contribution in [1.82, 2.24) is 14.5 Å². The molecule has 1 aliphatic heterocycles. The van der Waals surface area contributed by atoms with Crippen LogP contribution in [0.15, 0.2) is 48.8 Å². The summed E-state index contributed by atoms with van der Waals surface area (Å²) >= 11 is 0. The smallest absolute Gasteiger partial charge is 0.396 e. The van der Waals surface area contributed by atoms with Crippen molar-refractivity contribution in [1.29, 1.82) is 0 Å². The zero-order valence-electron chi connectivity index (χ0n) is 22.2. The van der Waals surface area contributed by atoms with Gasteiger partial charge in [-0.2, -0.15) is 13.2 Å². The van der Waals surface area contributed by atoms with E-state index < -0.39 is 19.9 Å². The second-order valence-corrected chi connectivity index (χ2v) is 16.4. The first kappa shape index (κ1) is 28.1. The van der Waals surface area contributed by atoms with E-state index in [1.54, 1.807) is 12.3 Å². The largest absolute Gasteiger partial charge is 0.434 e. The third-order valence-corrected chi connectivity index (χ3v) is 8.31. The predicted molar refractivity (Wildman–Crippen MR) is 146 cm³/mol. The first-order valence-corrected chi connectivity index (χ1v) is 16.6. The molecule has 3 aromatic rings. The Morgan fingerprint density at radius 1 is 0.974 bits per heavy atom. The molecule has 38 heavy (non-hydrogen) atoms. The fourth-order valence-electron chi connectivity index (χ4n) is 4.32. The van der Waals surface area contributed by atoms with E-state index >= 15 is 0 Å². The van der Waals surface area contributed by atoms with Gasteiger partial charge >= 0.3 is 6.18 Å². The summed E-state index contributed by atoms with van der Waals surface area (Å²) in [6.07, 6.45) is -1.29. The second-order valence-electron chi connectivity index (χ2n) is 10.8. The van der Waals surface area contributed by atoms with E-state index in [9.17, 15) is 13.2 Å². The van der Waals surface area contributed by atoms with Gasteiger partial charge < -0.3 is 24.2 Å². The Hall–Kier alpha value is -2.89. The molecule has 0 atom stereocenters. The number of piperazine rings is 1. The zero-order valence-corrected chi connectivity index (χ0v) is 23.2. The molecule has 3 heterocycles. The number of hydrogen-bond donors (Lipinski definition) is 1. The van der Waals surface area contributed by atoms with Gasteiger partial charge in [-0.15, -0.1) is 0 Å². The Labute approximate surface area is 222 Å². The number of imidazole rings is 1. The highest BCUT2D eigenvalue weighted by Gasteiger charge is 2.35. The van der Waals surface area contributed by atoms with Crippen molar-refractivity contribution in [2.75, 3.05) is 49.2 Å². The van der Waals surface area contributed by atoms with Crippen LogP contribution in [0.25, 0.3) is 11.4 Å². The minimum Gasteiger partial charge on any atom is -0.396 e. The van der Waals surface area contributed by atoms with E-state index in [1.165, 1.54) is 4.57 Å². The number of benzene rings is 1. The summed E-state index contributed by atoms with van der Waals surface area (Å²) in [5, 5.41) is 9.10. The molecule has 206 valence electrons. The number of rotatable bonds is 10. The van der Waals surface area contributed by atoms with Crippen LogP contribution in [0.2, 0.25) is 25.7 Å². The predicted octanol–water partition coefficient (Wildman–Crippen LogP) is 5.14. The average molecular weight is 548 g/mol. The van der Waals surface area contributed by atoms with Crippen molar-refractivity contribution in [2.45, 2.75) is 45.0 Å². The first-order chi connectivity index (χ1) is 18.0. The molecule has 11 heteroatoms. The molecule has 1 aromatic carbocycles. The number of aliphatic hydroxyl groups is 1. The van der Waals surface area contributed by atoms with Gasteiger partial charge in [0.25, 0.3) is 0 Å². The summed E-state index contributed by atoms with van der Waals surface area (Å²) in [7, 11) is -1.31. The Kier molecular flexibility index (Phi) is 8.79. The zero-order chi connectivity index (χ0) is 27.3. The molecule has 0 amide bonds. The van der Waals surface area contributed by atoms with Crippen molar-refractivity contribution in [3.63, 3.8) is 0 Å². The molecule has 0 radical (unpaired) electrons. The van der Waals surface area contributed by atoms with Gasteiger partial charge in [0, 0.05) is 71.1 Å². The van der Waals surface area contributed by atoms with Crippen LogP contribution < -0.4 is 9.80 Å². The van der Waals surface area contributed by atoms with Gasteiger partial charge in [0.1, 0.15) is 18.4 Å². The summed E-state index contributed by atoms with van der Waals surface area (Å²) < 4.78 is 47.4. The number of aromatic nitrogens is 3.